The number of halogens is 1. The van der Waals surface area contributed by atoms with Gasteiger partial charge in [0.05, 0.1) is 11.4 Å². The summed E-state index contributed by atoms with van der Waals surface area (Å²) in [6.07, 6.45) is 2.94. The first kappa shape index (κ1) is 21.1. The van der Waals surface area contributed by atoms with Gasteiger partial charge in [-0.15, -0.1) is 0 Å². The average molecular weight is 431 g/mol. The molecule has 162 valence electrons. The number of nitrogen functional groups attached to an aromatic ring is 1. The standard InChI is InChI=1S/C23H22FN7O/c1-12-17-8-15(24)4-5-16(17)22(26)14(10-28-2)6-18-21(19(9-25)31(3)30-18)13-7-20(32-12)23(27)29-11-13/h4-5,7-8,10-12,26,28H,6H2,1-3H3,(H2,27,29)/b14-10-,26-22?. The quantitative estimate of drug-likeness (QED) is 0.543. The number of benzene rings is 1. The molecule has 8 nitrogen and oxygen atoms in total. The first-order chi connectivity index (χ1) is 15.3. The number of nitrogens with zero attached hydrogens (tertiary/aromatic N) is 4. The van der Waals surface area contributed by atoms with Crippen LogP contribution in [-0.2, 0) is 13.5 Å². The SMILES string of the molecule is CN/C=C1/Cc2nn(C)c(C#N)c2-c2cnc(N)c(c2)OC(C)c2cc(F)ccc2C1=N. The molecule has 4 N–H and O–H groups in total. The van der Waals surface area contributed by atoms with E-state index in [1.807, 2.05) is 0 Å². The van der Waals surface area contributed by atoms with E-state index in [4.69, 9.17) is 15.9 Å². The van der Waals surface area contributed by atoms with Gasteiger partial charge in [-0.05, 0) is 36.8 Å². The number of aromatic nitrogens is 3. The van der Waals surface area contributed by atoms with Crippen LogP contribution in [0.2, 0.25) is 0 Å². The van der Waals surface area contributed by atoms with Gasteiger partial charge in [0.25, 0.3) is 0 Å². The minimum absolute atomic E-state index is 0.172. The van der Waals surface area contributed by atoms with Crippen LogP contribution >= 0.6 is 0 Å². The molecule has 9 heteroatoms. The number of ether oxygens (including phenoxy) is 1. The van der Waals surface area contributed by atoms with E-state index in [1.54, 1.807) is 45.5 Å². The summed E-state index contributed by atoms with van der Waals surface area (Å²) in [5, 5.41) is 26.2. The van der Waals surface area contributed by atoms with Gasteiger partial charge >= 0.3 is 0 Å². The number of hydrogen-bond acceptors (Lipinski definition) is 7. The van der Waals surface area contributed by atoms with Crippen molar-refractivity contribution in [3.63, 3.8) is 0 Å². The normalized spacial score (nSPS) is 16.8. The van der Waals surface area contributed by atoms with Gasteiger partial charge in [-0.25, -0.2) is 9.37 Å². The molecule has 0 radical (unpaired) electrons. The highest BCUT2D eigenvalue weighted by molar-refractivity contribution is 6.11. The zero-order valence-electron chi connectivity index (χ0n) is 17.9. The summed E-state index contributed by atoms with van der Waals surface area (Å²) in [6.45, 7) is 1.76. The number of nitriles is 1. The topological polar surface area (TPSA) is 126 Å². The molecule has 0 saturated heterocycles. The Morgan fingerprint density at radius 2 is 2.19 bits per heavy atom. The number of aryl methyl sites for hydroxylation is 1. The fourth-order valence-corrected chi connectivity index (χ4v) is 3.91. The molecular weight excluding hydrogens is 409 g/mol. The molecule has 1 aliphatic rings. The van der Waals surface area contributed by atoms with E-state index in [0.29, 0.717) is 45.0 Å². The molecule has 1 aromatic carbocycles. The lowest BCUT2D eigenvalue weighted by Crippen LogP contribution is -2.17. The molecule has 0 fully saturated rings. The van der Waals surface area contributed by atoms with Gasteiger partial charge in [-0.1, -0.05) is 0 Å². The van der Waals surface area contributed by atoms with Crippen molar-refractivity contribution in [2.45, 2.75) is 19.4 Å². The van der Waals surface area contributed by atoms with E-state index >= 15 is 0 Å². The zero-order chi connectivity index (χ0) is 23.0. The van der Waals surface area contributed by atoms with Crippen LogP contribution in [0.25, 0.3) is 11.1 Å². The molecule has 1 aliphatic heterocycles. The van der Waals surface area contributed by atoms with Crippen molar-refractivity contribution in [3.8, 4) is 22.9 Å². The van der Waals surface area contributed by atoms with Crippen molar-refractivity contribution in [1.29, 1.82) is 10.7 Å². The van der Waals surface area contributed by atoms with Gasteiger partial charge in [-0.2, -0.15) is 10.4 Å². The average Bonchev–Trinajstić information content (AvgIpc) is 3.08. The third-order valence-corrected chi connectivity index (χ3v) is 5.42. The Morgan fingerprint density at radius 3 is 2.91 bits per heavy atom. The summed E-state index contributed by atoms with van der Waals surface area (Å²) in [5.74, 6) is 0.0520. The fourth-order valence-electron chi connectivity index (χ4n) is 3.91. The van der Waals surface area contributed by atoms with E-state index in [2.05, 4.69) is 21.5 Å². The van der Waals surface area contributed by atoms with E-state index < -0.39 is 11.9 Å². The maximum Gasteiger partial charge on any atom is 0.166 e. The van der Waals surface area contributed by atoms with Crippen molar-refractivity contribution >= 4 is 11.5 Å². The lowest BCUT2D eigenvalue weighted by atomic mass is 9.91. The maximum absolute atomic E-state index is 14.1. The number of nitrogens with two attached hydrogens (primary N) is 1. The largest absolute Gasteiger partial charge is 0.482 e. The summed E-state index contributed by atoms with van der Waals surface area (Å²) in [6, 6.07) is 8.17. The van der Waals surface area contributed by atoms with Gasteiger partial charge in [0.15, 0.2) is 11.6 Å². The minimum atomic E-state index is -0.612. The summed E-state index contributed by atoms with van der Waals surface area (Å²) in [7, 11) is 3.43. The number of hydrogen-bond donors (Lipinski definition) is 3. The van der Waals surface area contributed by atoms with Gasteiger partial charge in [-0.3, -0.25) is 10.1 Å². The van der Waals surface area contributed by atoms with Gasteiger partial charge in [0.2, 0.25) is 0 Å². The molecule has 1 atom stereocenters. The second-order valence-corrected chi connectivity index (χ2v) is 7.51. The van der Waals surface area contributed by atoms with Crippen LogP contribution < -0.4 is 15.8 Å². The molecule has 32 heavy (non-hydrogen) atoms. The summed E-state index contributed by atoms with van der Waals surface area (Å²) in [5.41, 5.74) is 10.1. The number of pyridine rings is 1. The van der Waals surface area contributed by atoms with Crippen molar-refractivity contribution in [3.05, 3.63) is 70.6 Å². The van der Waals surface area contributed by atoms with Gasteiger partial charge in [0, 0.05) is 55.2 Å². The molecule has 2 aromatic heterocycles. The number of fused-ring (bicyclic) bond motifs is 5. The number of nitrogens with one attached hydrogen (secondary N) is 2. The number of rotatable bonds is 1. The first-order valence-corrected chi connectivity index (χ1v) is 9.97. The predicted octanol–water partition coefficient (Wildman–Crippen LogP) is 3.24. The van der Waals surface area contributed by atoms with E-state index in [9.17, 15) is 9.65 Å². The smallest absolute Gasteiger partial charge is 0.166 e. The van der Waals surface area contributed by atoms with Crippen molar-refractivity contribution in [2.75, 3.05) is 12.8 Å². The van der Waals surface area contributed by atoms with E-state index in [1.165, 1.54) is 16.8 Å². The third kappa shape index (κ3) is 3.56. The highest BCUT2D eigenvalue weighted by atomic mass is 19.1. The molecule has 0 amide bonds. The van der Waals surface area contributed by atoms with E-state index in [-0.39, 0.29) is 18.0 Å². The molecule has 3 heterocycles. The monoisotopic (exact) mass is 431 g/mol. The third-order valence-electron chi connectivity index (χ3n) is 5.42. The molecule has 4 rings (SSSR count). The zero-order valence-corrected chi connectivity index (χ0v) is 17.9. The summed E-state index contributed by atoms with van der Waals surface area (Å²) >= 11 is 0. The molecule has 0 aliphatic carbocycles. The van der Waals surface area contributed by atoms with Gasteiger partial charge < -0.3 is 15.8 Å². The number of anilines is 1. The Bertz CT molecular complexity index is 1300. The lowest BCUT2D eigenvalue weighted by molar-refractivity contribution is 0.227. The van der Waals surface area contributed by atoms with Crippen LogP contribution in [0.1, 0.15) is 35.5 Å². The Kier molecular flexibility index (Phi) is 5.36. The highest BCUT2D eigenvalue weighted by Crippen LogP contribution is 2.36. The molecule has 0 spiro atoms. The molecular formula is C23H22FN7O. The first-order valence-electron chi connectivity index (χ1n) is 9.97. The predicted molar refractivity (Wildman–Crippen MR) is 119 cm³/mol. The fraction of sp³-hybridized carbons (Fsp3) is 0.217. The van der Waals surface area contributed by atoms with Crippen molar-refractivity contribution < 1.29 is 9.13 Å². The Labute approximate surface area is 184 Å². The maximum atomic E-state index is 14.1. The molecule has 3 aromatic rings. The highest BCUT2D eigenvalue weighted by Gasteiger charge is 2.25. The Balaban J connectivity index is 2.03. The van der Waals surface area contributed by atoms with Crippen LogP contribution in [0.15, 0.2) is 42.2 Å². The second kappa shape index (κ2) is 8.15. The second-order valence-electron chi connectivity index (χ2n) is 7.51. The lowest BCUT2D eigenvalue weighted by Gasteiger charge is -2.22. The van der Waals surface area contributed by atoms with Crippen LogP contribution in [0, 0.1) is 22.6 Å². The summed E-state index contributed by atoms with van der Waals surface area (Å²) in [4.78, 5) is 4.25. The summed E-state index contributed by atoms with van der Waals surface area (Å²) < 4.78 is 21.7. The van der Waals surface area contributed by atoms with Crippen molar-refractivity contribution in [2.24, 2.45) is 7.05 Å². The minimum Gasteiger partial charge on any atom is -0.482 e. The van der Waals surface area contributed by atoms with Crippen molar-refractivity contribution in [1.82, 2.24) is 20.1 Å². The Hall–Kier alpha value is -4.19. The van der Waals surface area contributed by atoms with Crippen LogP contribution in [-0.4, -0.2) is 27.5 Å². The molecule has 1 unspecified atom stereocenters. The van der Waals surface area contributed by atoms with E-state index in [0.717, 1.165) is 0 Å². The van der Waals surface area contributed by atoms with Crippen LogP contribution in [0.5, 0.6) is 5.75 Å². The molecule has 0 saturated carbocycles. The van der Waals surface area contributed by atoms with Gasteiger partial charge in [0.1, 0.15) is 23.7 Å². The van der Waals surface area contributed by atoms with Crippen LogP contribution in [0.4, 0.5) is 10.2 Å². The number of allylic oxidation sites excluding steroid dienone is 1. The Morgan fingerprint density at radius 1 is 1.41 bits per heavy atom. The van der Waals surface area contributed by atoms with Crippen LogP contribution in [0.3, 0.4) is 0 Å². The molecule has 2 bridgehead atoms.